The fourth-order valence-electron chi connectivity index (χ4n) is 3.65. The molecule has 0 aromatic heterocycles. The van der Waals surface area contributed by atoms with E-state index >= 15 is 0 Å². The van der Waals surface area contributed by atoms with Gasteiger partial charge < -0.3 is 16.4 Å². The molecule has 0 bridgehead atoms. The lowest BCUT2D eigenvalue weighted by molar-refractivity contribution is -0.117. The number of para-hydroxylation sites is 2. The van der Waals surface area contributed by atoms with Crippen LogP contribution in [0.5, 0.6) is 0 Å². The average molecular weight is 494 g/mol. The van der Waals surface area contributed by atoms with Crippen LogP contribution in [0.3, 0.4) is 0 Å². The number of benzene rings is 2. The number of anilines is 2. The van der Waals surface area contributed by atoms with Crippen molar-refractivity contribution in [2.75, 3.05) is 23.9 Å². The van der Waals surface area contributed by atoms with E-state index in [4.69, 9.17) is 5.73 Å². The Morgan fingerprint density at radius 2 is 1.89 bits per heavy atom. The van der Waals surface area contributed by atoms with Crippen LogP contribution in [-0.4, -0.2) is 30.8 Å². The molecule has 3 rings (SSSR count). The molecule has 0 spiro atoms. The van der Waals surface area contributed by atoms with Crippen LogP contribution < -0.4 is 16.4 Å². The van der Waals surface area contributed by atoms with Crippen molar-refractivity contribution in [1.29, 1.82) is 0 Å². The van der Waals surface area contributed by atoms with E-state index in [1.807, 2.05) is 48.7 Å². The highest BCUT2D eigenvalue weighted by molar-refractivity contribution is 7.98. The van der Waals surface area contributed by atoms with Crippen LogP contribution in [0.15, 0.2) is 82.8 Å². The number of carbonyl (C=O) groups is 2. The van der Waals surface area contributed by atoms with Crippen molar-refractivity contribution in [1.82, 2.24) is 5.32 Å². The maximum absolute atomic E-state index is 13.6. The zero-order chi connectivity index (χ0) is 25.0. The molecule has 0 saturated carbocycles. The molecule has 0 saturated heterocycles. The Bertz CT molecular complexity index is 1110. The van der Waals surface area contributed by atoms with Crippen LogP contribution in [0.4, 0.5) is 15.8 Å². The minimum absolute atomic E-state index is 0.0770. The van der Waals surface area contributed by atoms with Gasteiger partial charge in [0.1, 0.15) is 6.17 Å². The summed E-state index contributed by atoms with van der Waals surface area (Å²) < 4.78 is 13.6. The number of alkyl halides is 1. The van der Waals surface area contributed by atoms with E-state index in [0.717, 1.165) is 28.9 Å². The second-order valence-corrected chi connectivity index (χ2v) is 9.18. The van der Waals surface area contributed by atoms with E-state index in [1.54, 1.807) is 36.0 Å². The SMILES string of the molecule is CSc1ccc(/C=C(/C(=O)NCCCCCC(=O)Nc2ccccc2N)C2=CCC(F)C=C2)cc1. The van der Waals surface area contributed by atoms with Crippen LogP contribution in [0.25, 0.3) is 6.08 Å². The highest BCUT2D eigenvalue weighted by Gasteiger charge is 2.16. The summed E-state index contributed by atoms with van der Waals surface area (Å²) in [5.41, 5.74) is 9.17. The fraction of sp³-hybridized carbons (Fsp3) is 0.286. The van der Waals surface area contributed by atoms with Crippen LogP contribution in [0.2, 0.25) is 0 Å². The summed E-state index contributed by atoms with van der Waals surface area (Å²) in [5, 5.41) is 5.79. The number of hydrogen-bond acceptors (Lipinski definition) is 4. The molecule has 0 radical (unpaired) electrons. The molecule has 1 aliphatic rings. The van der Waals surface area contributed by atoms with E-state index in [2.05, 4.69) is 10.6 Å². The first-order valence-electron chi connectivity index (χ1n) is 11.8. The summed E-state index contributed by atoms with van der Waals surface area (Å²) in [6, 6.07) is 15.1. The van der Waals surface area contributed by atoms with Crippen molar-refractivity contribution in [3.8, 4) is 0 Å². The lowest BCUT2D eigenvalue weighted by Gasteiger charge is -2.14. The molecular weight excluding hydrogens is 461 g/mol. The molecule has 184 valence electrons. The van der Waals surface area contributed by atoms with Crippen molar-refractivity contribution < 1.29 is 14.0 Å². The fourth-order valence-corrected chi connectivity index (χ4v) is 4.06. The number of rotatable bonds is 11. The summed E-state index contributed by atoms with van der Waals surface area (Å²) in [5.74, 6) is -0.267. The molecule has 0 aliphatic heterocycles. The minimum atomic E-state index is -1.01. The average Bonchev–Trinajstić information content (AvgIpc) is 2.87. The predicted molar refractivity (Wildman–Crippen MR) is 144 cm³/mol. The molecule has 35 heavy (non-hydrogen) atoms. The first-order valence-corrected chi connectivity index (χ1v) is 13.0. The van der Waals surface area contributed by atoms with E-state index in [9.17, 15) is 14.0 Å². The number of halogens is 1. The molecule has 4 N–H and O–H groups in total. The van der Waals surface area contributed by atoms with Crippen molar-refractivity contribution in [2.45, 2.75) is 43.2 Å². The van der Waals surface area contributed by atoms with Crippen LogP contribution in [0, 0.1) is 0 Å². The molecule has 0 fully saturated rings. The molecular formula is C28H32FN3O2S. The van der Waals surface area contributed by atoms with Crippen LogP contribution in [0.1, 0.15) is 37.7 Å². The number of thioether (sulfide) groups is 1. The highest BCUT2D eigenvalue weighted by atomic mass is 32.2. The molecule has 5 nitrogen and oxygen atoms in total. The number of carbonyl (C=O) groups excluding carboxylic acids is 2. The van der Waals surface area contributed by atoms with Gasteiger partial charge in [0.05, 0.1) is 11.4 Å². The number of hydrogen-bond donors (Lipinski definition) is 3. The Kier molecular flexibility index (Phi) is 10.2. The van der Waals surface area contributed by atoms with Crippen molar-refractivity contribution in [3.63, 3.8) is 0 Å². The first kappa shape index (κ1) is 26.3. The topological polar surface area (TPSA) is 84.2 Å². The third-order valence-corrected chi connectivity index (χ3v) is 6.37. The van der Waals surface area contributed by atoms with Crippen LogP contribution >= 0.6 is 11.8 Å². The Labute approximate surface area is 210 Å². The monoisotopic (exact) mass is 493 g/mol. The van der Waals surface area contributed by atoms with Gasteiger partial charge in [-0.2, -0.15) is 0 Å². The highest BCUT2D eigenvalue weighted by Crippen LogP contribution is 2.24. The van der Waals surface area contributed by atoms with Crippen molar-refractivity contribution >= 4 is 41.0 Å². The molecule has 2 aromatic carbocycles. The molecule has 1 atom stereocenters. The van der Waals surface area contributed by atoms with Crippen LogP contribution in [-0.2, 0) is 9.59 Å². The van der Waals surface area contributed by atoms with E-state index in [0.29, 0.717) is 36.3 Å². The Morgan fingerprint density at radius 3 is 2.57 bits per heavy atom. The summed E-state index contributed by atoms with van der Waals surface area (Å²) in [6.07, 6.45) is 10.7. The van der Waals surface area contributed by atoms with Gasteiger partial charge in [0.15, 0.2) is 0 Å². The number of nitrogen functional groups attached to an aromatic ring is 1. The van der Waals surface area contributed by atoms with Gasteiger partial charge in [-0.25, -0.2) is 4.39 Å². The second-order valence-electron chi connectivity index (χ2n) is 8.30. The smallest absolute Gasteiger partial charge is 0.251 e. The lowest BCUT2D eigenvalue weighted by Crippen LogP contribution is -2.27. The van der Waals surface area contributed by atoms with E-state index in [-0.39, 0.29) is 18.2 Å². The van der Waals surface area contributed by atoms with E-state index in [1.165, 1.54) is 6.08 Å². The third-order valence-electron chi connectivity index (χ3n) is 5.63. The first-order chi connectivity index (χ1) is 17.0. The van der Waals surface area contributed by atoms with Gasteiger partial charge >= 0.3 is 0 Å². The summed E-state index contributed by atoms with van der Waals surface area (Å²) in [7, 11) is 0. The Hall–Kier alpha value is -3.32. The minimum Gasteiger partial charge on any atom is -0.397 e. The number of nitrogens with two attached hydrogens (primary N) is 1. The van der Waals surface area contributed by atoms with Gasteiger partial charge in [-0.15, -0.1) is 11.8 Å². The standard InChI is InChI=1S/C28H32FN3O2S/c1-35-23-16-10-20(11-17-23)19-24(21-12-14-22(29)15-13-21)28(34)31-18-6-2-3-9-27(33)32-26-8-5-4-7-25(26)30/h4-5,7-8,10-14,16-17,19,22H,2-3,6,9,15,18,30H2,1H3,(H,31,34)(H,32,33)/b24-19+. The van der Waals surface area contributed by atoms with Gasteiger partial charge in [-0.05, 0) is 66.7 Å². The van der Waals surface area contributed by atoms with Gasteiger partial charge in [0.2, 0.25) is 5.91 Å². The summed E-state index contributed by atoms with van der Waals surface area (Å²) >= 11 is 1.66. The zero-order valence-electron chi connectivity index (χ0n) is 19.9. The molecule has 1 aliphatic carbocycles. The number of amides is 2. The maximum Gasteiger partial charge on any atom is 0.251 e. The quantitative estimate of drug-likeness (QED) is 0.157. The maximum atomic E-state index is 13.6. The Balaban J connectivity index is 1.49. The van der Waals surface area contributed by atoms with E-state index < -0.39 is 6.17 Å². The van der Waals surface area contributed by atoms with Crippen molar-refractivity contribution in [3.05, 3.63) is 83.5 Å². The zero-order valence-corrected chi connectivity index (χ0v) is 20.7. The number of unbranched alkanes of at least 4 members (excludes halogenated alkanes) is 2. The number of allylic oxidation sites excluding steroid dienone is 3. The van der Waals surface area contributed by atoms with Gasteiger partial charge in [-0.1, -0.05) is 42.8 Å². The number of nitrogens with one attached hydrogen (secondary N) is 2. The molecule has 2 amide bonds. The molecule has 0 heterocycles. The van der Waals surface area contributed by atoms with Gasteiger partial charge in [0.25, 0.3) is 5.91 Å². The molecule has 2 aromatic rings. The van der Waals surface area contributed by atoms with Gasteiger partial charge in [-0.3, -0.25) is 9.59 Å². The Morgan fingerprint density at radius 1 is 1.11 bits per heavy atom. The summed E-state index contributed by atoms with van der Waals surface area (Å²) in [4.78, 5) is 26.3. The molecule has 7 heteroatoms. The van der Waals surface area contributed by atoms with Crippen molar-refractivity contribution in [2.24, 2.45) is 0 Å². The predicted octanol–water partition coefficient (Wildman–Crippen LogP) is 5.91. The molecule has 1 unspecified atom stereocenters. The third kappa shape index (κ3) is 8.44. The van der Waals surface area contributed by atoms with Gasteiger partial charge in [0, 0.05) is 29.9 Å². The normalized spacial score (nSPS) is 15.4. The summed E-state index contributed by atoms with van der Waals surface area (Å²) in [6.45, 7) is 0.498. The second kappa shape index (κ2) is 13.5. The lowest BCUT2D eigenvalue weighted by atomic mass is 9.96. The largest absolute Gasteiger partial charge is 0.397 e.